The highest BCUT2D eigenvalue weighted by atomic mass is 35.5. The minimum atomic E-state index is -1.82. The first-order chi connectivity index (χ1) is 12.8. The first kappa shape index (κ1) is 23.7. The van der Waals surface area contributed by atoms with E-state index in [2.05, 4.69) is 18.7 Å². The molecule has 27 heavy (non-hydrogen) atoms. The lowest BCUT2D eigenvalue weighted by Crippen LogP contribution is -2.46. The van der Waals surface area contributed by atoms with Gasteiger partial charge < -0.3 is 19.7 Å². The molecule has 1 aromatic rings. The molecule has 2 N–H and O–H groups in total. The number of thioether (sulfide) groups is 1. The first-order valence-electron chi connectivity index (χ1n) is 8.58. The van der Waals surface area contributed by atoms with Gasteiger partial charge in [-0.2, -0.15) is 0 Å². The van der Waals surface area contributed by atoms with E-state index in [0.29, 0.717) is 12.2 Å². The van der Waals surface area contributed by atoms with E-state index in [-0.39, 0.29) is 0 Å². The van der Waals surface area contributed by atoms with Crippen LogP contribution >= 0.6 is 23.4 Å². The summed E-state index contributed by atoms with van der Waals surface area (Å²) < 4.78 is 11.4. The van der Waals surface area contributed by atoms with Crippen LogP contribution in [-0.4, -0.2) is 77.9 Å². The third-order valence-corrected chi connectivity index (χ3v) is 4.77. The molecule has 2 rings (SSSR count). The Morgan fingerprint density at radius 2 is 1.70 bits per heavy atom. The molecule has 0 aromatic heterocycles. The van der Waals surface area contributed by atoms with Crippen LogP contribution in [0, 0.1) is 0 Å². The monoisotopic (exact) mass is 419 g/mol. The van der Waals surface area contributed by atoms with Crippen molar-refractivity contribution in [2.24, 2.45) is 0 Å². The van der Waals surface area contributed by atoms with E-state index in [0.717, 1.165) is 43.6 Å². The predicted molar refractivity (Wildman–Crippen MR) is 105 cm³/mol. The van der Waals surface area contributed by atoms with Gasteiger partial charge in [0.15, 0.2) is 0 Å². The van der Waals surface area contributed by atoms with Gasteiger partial charge in [0, 0.05) is 35.3 Å². The molecule has 0 spiro atoms. The van der Waals surface area contributed by atoms with Crippen LogP contribution in [0.4, 0.5) is 0 Å². The smallest absolute Gasteiger partial charge is 0.414 e. The lowest BCUT2D eigenvalue weighted by atomic mass is 10.2. The Labute approximate surface area is 168 Å². The van der Waals surface area contributed by atoms with Gasteiger partial charge in [-0.1, -0.05) is 11.6 Å². The molecule has 1 aromatic carbocycles. The number of carboxylic acid groups (broad SMARTS) is 2. The summed E-state index contributed by atoms with van der Waals surface area (Å²) in [5.41, 5.74) is 0. The summed E-state index contributed by atoms with van der Waals surface area (Å²) in [5, 5.41) is 15.6. The number of benzene rings is 1. The molecule has 1 heterocycles. The van der Waals surface area contributed by atoms with Crippen molar-refractivity contribution in [1.29, 1.82) is 0 Å². The molecule has 7 nitrogen and oxygen atoms in total. The lowest BCUT2D eigenvalue weighted by molar-refractivity contribution is -0.159. The van der Waals surface area contributed by atoms with Gasteiger partial charge in [-0.15, -0.1) is 11.8 Å². The van der Waals surface area contributed by atoms with Crippen molar-refractivity contribution in [3.8, 4) is 0 Å². The summed E-state index contributed by atoms with van der Waals surface area (Å²) >= 11 is 7.66. The fourth-order valence-electron chi connectivity index (χ4n) is 2.51. The Hall–Kier alpha value is -1.32. The maximum atomic E-state index is 9.10. The molecule has 1 aliphatic rings. The van der Waals surface area contributed by atoms with Crippen LogP contribution < -0.4 is 0 Å². The average molecular weight is 420 g/mol. The molecule has 0 radical (unpaired) electrons. The molecule has 0 aliphatic carbocycles. The van der Waals surface area contributed by atoms with Crippen LogP contribution in [0.25, 0.3) is 0 Å². The predicted octanol–water partition coefficient (Wildman–Crippen LogP) is 2.71. The molecule has 1 saturated heterocycles. The fraction of sp³-hybridized carbons (Fsp3) is 0.556. The van der Waals surface area contributed by atoms with Crippen LogP contribution in [0.3, 0.4) is 0 Å². The highest BCUT2D eigenvalue weighted by Gasteiger charge is 2.21. The molecule has 0 amide bonds. The van der Waals surface area contributed by atoms with Crippen LogP contribution in [0.15, 0.2) is 29.2 Å². The topological polar surface area (TPSA) is 96.3 Å². The highest BCUT2D eigenvalue weighted by molar-refractivity contribution is 7.99. The highest BCUT2D eigenvalue weighted by Crippen LogP contribution is 2.20. The second-order valence-electron chi connectivity index (χ2n) is 6.04. The largest absolute Gasteiger partial charge is 0.473 e. The number of halogens is 1. The van der Waals surface area contributed by atoms with Crippen molar-refractivity contribution in [1.82, 2.24) is 4.90 Å². The number of morpholine rings is 1. The molecule has 9 heteroatoms. The fourth-order valence-corrected chi connectivity index (χ4v) is 3.40. The number of nitrogens with zero attached hydrogens (tertiary/aromatic N) is 1. The number of hydrogen-bond acceptors (Lipinski definition) is 6. The third-order valence-electron chi connectivity index (χ3n) is 3.54. The molecule has 152 valence electrons. The van der Waals surface area contributed by atoms with E-state index in [1.54, 1.807) is 11.8 Å². The quantitative estimate of drug-likeness (QED) is 0.395. The Morgan fingerprint density at radius 1 is 1.15 bits per heavy atom. The van der Waals surface area contributed by atoms with E-state index in [4.69, 9.17) is 40.9 Å². The summed E-state index contributed by atoms with van der Waals surface area (Å²) in [6, 6.07) is 7.93. The zero-order valence-corrected chi connectivity index (χ0v) is 17.0. The van der Waals surface area contributed by atoms with Crippen LogP contribution in [0.5, 0.6) is 0 Å². The summed E-state index contributed by atoms with van der Waals surface area (Å²) in [7, 11) is 0. The Balaban J connectivity index is 0.000000527. The van der Waals surface area contributed by atoms with Gasteiger partial charge in [0.05, 0.1) is 25.4 Å². The van der Waals surface area contributed by atoms with Crippen LogP contribution in [0.2, 0.25) is 5.02 Å². The minimum absolute atomic E-state index is 0.328. The minimum Gasteiger partial charge on any atom is -0.473 e. The maximum Gasteiger partial charge on any atom is 0.414 e. The zero-order valence-electron chi connectivity index (χ0n) is 15.5. The van der Waals surface area contributed by atoms with E-state index in [1.807, 2.05) is 24.3 Å². The zero-order chi connectivity index (χ0) is 20.2. The van der Waals surface area contributed by atoms with Crippen LogP contribution in [-0.2, 0) is 19.1 Å². The van der Waals surface area contributed by atoms with Gasteiger partial charge in [-0.25, -0.2) is 9.59 Å². The number of carboxylic acids is 2. The van der Waals surface area contributed by atoms with E-state index < -0.39 is 11.9 Å². The van der Waals surface area contributed by atoms with Crippen molar-refractivity contribution < 1.29 is 29.3 Å². The molecule has 1 aliphatic heterocycles. The van der Waals surface area contributed by atoms with Gasteiger partial charge in [0.1, 0.15) is 0 Å². The second kappa shape index (κ2) is 13.0. The average Bonchev–Trinajstić information content (AvgIpc) is 2.59. The van der Waals surface area contributed by atoms with Crippen molar-refractivity contribution in [2.45, 2.75) is 31.0 Å². The summed E-state index contributed by atoms with van der Waals surface area (Å²) in [5.74, 6) is -2.68. The molecule has 0 saturated carbocycles. The normalized spacial score (nSPS) is 19.8. The standard InChI is InChI=1S/C16H24ClNO2S.C2H2O4/c1-13-11-18(12-14(2)20-13)7-8-19-9-10-21-16-5-3-15(17)4-6-16;3-1(4)2(5)6/h3-6,13-14H,7-12H2,1-2H3;(H,3,4)(H,5,6). The van der Waals surface area contributed by atoms with Gasteiger partial charge in [-0.3, -0.25) is 4.90 Å². The number of ether oxygens (including phenoxy) is 2. The third kappa shape index (κ3) is 11.2. The number of rotatable bonds is 7. The lowest BCUT2D eigenvalue weighted by Gasteiger charge is -2.35. The van der Waals surface area contributed by atoms with E-state index in [1.165, 1.54) is 4.90 Å². The first-order valence-corrected chi connectivity index (χ1v) is 9.94. The Morgan fingerprint density at radius 3 is 2.22 bits per heavy atom. The Kier molecular flexibility index (Phi) is 11.4. The molecule has 0 bridgehead atoms. The van der Waals surface area contributed by atoms with E-state index >= 15 is 0 Å². The van der Waals surface area contributed by atoms with Gasteiger partial charge in [0.25, 0.3) is 0 Å². The van der Waals surface area contributed by atoms with Crippen molar-refractivity contribution in [2.75, 3.05) is 38.6 Å². The molecular weight excluding hydrogens is 394 g/mol. The van der Waals surface area contributed by atoms with Crippen molar-refractivity contribution in [3.05, 3.63) is 29.3 Å². The number of aliphatic carboxylic acids is 2. The molecule has 1 fully saturated rings. The summed E-state index contributed by atoms with van der Waals surface area (Å²) in [4.78, 5) is 21.9. The number of hydrogen-bond donors (Lipinski definition) is 2. The Bertz CT molecular complexity index is 564. The van der Waals surface area contributed by atoms with Gasteiger partial charge in [0.2, 0.25) is 0 Å². The summed E-state index contributed by atoms with van der Waals surface area (Å²) in [6.45, 7) is 8.84. The van der Waals surface area contributed by atoms with Crippen LogP contribution in [0.1, 0.15) is 13.8 Å². The maximum absolute atomic E-state index is 9.10. The van der Waals surface area contributed by atoms with Gasteiger partial charge in [-0.05, 0) is 38.1 Å². The SMILES string of the molecule is CC1CN(CCOCCSc2ccc(Cl)cc2)CC(C)O1.O=C(O)C(=O)O. The van der Waals surface area contributed by atoms with E-state index in [9.17, 15) is 0 Å². The summed E-state index contributed by atoms with van der Waals surface area (Å²) in [6.07, 6.45) is 0.656. The van der Waals surface area contributed by atoms with Crippen molar-refractivity contribution in [3.63, 3.8) is 0 Å². The molecule has 2 unspecified atom stereocenters. The molecule has 2 atom stereocenters. The number of carbonyl (C=O) groups is 2. The van der Waals surface area contributed by atoms with Gasteiger partial charge >= 0.3 is 11.9 Å². The molecular formula is C18H26ClNO6S. The van der Waals surface area contributed by atoms with Crippen molar-refractivity contribution >= 4 is 35.3 Å². The second-order valence-corrected chi connectivity index (χ2v) is 7.65.